The monoisotopic (exact) mass is 313 g/mol. The van der Waals surface area contributed by atoms with Crippen molar-refractivity contribution in [3.63, 3.8) is 0 Å². The van der Waals surface area contributed by atoms with Gasteiger partial charge in [0.25, 0.3) is 0 Å². The van der Waals surface area contributed by atoms with E-state index >= 15 is 0 Å². The van der Waals surface area contributed by atoms with E-state index in [1.165, 1.54) is 0 Å². The van der Waals surface area contributed by atoms with Crippen LogP contribution in [0.15, 0.2) is 66.7 Å². The van der Waals surface area contributed by atoms with Crippen molar-refractivity contribution in [1.29, 1.82) is 0 Å². The molecule has 0 atom stereocenters. The Hall–Kier alpha value is -1.57. The average molecular weight is 313 g/mol. The fraction of sp³-hybridized carbons (Fsp3) is 0. The molecule has 3 aromatic carbocycles. The first kappa shape index (κ1) is 21.7. The summed E-state index contributed by atoms with van der Waals surface area (Å²) in [6.07, 6.45) is 0. The van der Waals surface area contributed by atoms with Crippen LogP contribution in [0.25, 0.3) is 21.9 Å². The zero-order valence-electron chi connectivity index (χ0n) is 12.8. The van der Waals surface area contributed by atoms with Crippen LogP contribution in [0.1, 0.15) is 0 Å². The predicted molar refractivity (Wildman–Crippen MR) is 90.3 cm³/mol. The molecule has 0 unspecified atom stereocenters. The number of fused-ring (bicyclic) bond motifs is 1. The number of rotatable bonds is 1. The molecule has 0 amide bonds. The van der Waals surface area contributed by atoms with E-state index in [0.717, 1.165) is 21.9 Å². The Morgan fingerprint density at radius 2 is 1.19 bits per heavy atom. The van der Waals surface area contributed by atoms with E-state index in [1.807, 2.05) is 54.6 Å². The Kier molecular flexibility index (Phi) is 9.71. The van der Waals surface area contributed by atoms with E-state index < -0.39 is 0 Å². The molecule has 0 saturated heterocycles. The summed E-state index contributed by atoms with van der Waals surface area (Å²) in [6, 6.07) is 21.8. The molecule has 2 heteroatoms. The zero-order valence-corrected chi connectivity index (χ0v) is 14.4. The van der Waals surface area contributed by atoms with Gasteiger partial charge >= 0.3 is 21.7 Å². The summed E-state index contributed by atoms with van der Waals surface area (Å²) in [4.78, 5) is 0. The summed E-state index contributed by atoms with van der Waals surface area (Å²) < 4.78 is 0. The summed E-state index contributed by atoms with van der Waals surface area (Å²) in [6.45, 7) is 0. The van der Waals surface area contributed by atoms with Crippen LogP contribution >= 0.6 is 0 Å². The van der Waals surface area contributed by atoms with Crippen molar-refractivity contribution >= 4 is 10.8 Å². The Balaban J connectivity index is 0. The minimum atomic E-state index is 0. The van der Waals surface area contributed by atoms with E-state index in [9.17, 15) is 5.11 Å². The first-order valence-electron chi connectivity index (χ1n) is 5.62. The number of aromatic hydroxyl groups is 1. The normalized spacial score (nSPS) is 8.57. The maximum atomic E-state index is 10.1. The van der Waals surface area contributed by atoms with Crippen molar-refractivity contribution < 1.29 is 26.8 Å². The van der Waals surface area contributed by atoms with Crippen LogP contribution in [-0.4, -0.2) is 5.11 Å². The summed E-state index contributed by atoms with van der Waals surface area (Å²) in [5.74, 6) is 0.329. The van der Waals surface area contributed by atoms with Gasteiger partial charge in [-0.2, -0.15) is 0 Å². The Morgan fingerprint density at radius 3 is 1.86 bits per heavy atom. The topological polar surface area (TPSA) is 20.2 Å². The van der Waals surface area contributed by atoms with Crippen LogP contribution in [-0.2, 0) is 21.7 Å². The van der Waals surface area contributed by atoms with Crippen LogP contribution < -0.4 is 0 Å². The Morgan fingerprint density at radius 1 is 0.619 bits per heavy atom. The van der Waals surface area contributed by atoms with Crippen molar-refractivity contribution in [3.8, 4) is 16.9 Å². The number of phenols is 1. The van der Waals surface area contributed by atoms with Crippen LogP contribution in [0.2, 0.25) is 0 Å². The molecule has 0 bridgehead atoms. The molecule has 0 saturated carbocycles. The SMILES string of the molecule is Oc1ccc2ccccc2c1-c1ccccc1.[CH3-].[CH3-].[CH3-].[Ti+3]. The molecule has 0 aliphatic rings. The first-order chi connectivity index (χ1) is 8.36. The van der Waals surface area contributed by atoms with Crippen molar-refractivity contribution in [3.05, 3.63) is 89.0 Å². The fourth-order valence-corrected chi connectivity index (χ4v) is 2.17. The van der Waals surface area contributed by atoms with E-state index in [2.05, 4.69) is 6.07 Å². The molecule has 107 valence electrons. The van der Waals surface area contributed by atoms with Gasteiger partial charge in [-0.3, -0.25) is 0 Å². The summed E-state index contributed by atoms with van der Waals surface area (Å²) in [5.41, 5.74) is 1.95. The maximum absolute atomic E-state index is 10.1. The number of hydrogen-bond acceptors (Lipinski definition) is 1. The van der Waals surface area contributed by atoms with Gasteiger partial charge in [-0.1, -0.05) is 60.7 Å². The van der Waals surface area contributed by atoms with Crippen molar-refractivity contribution in [2.45, 2.75) is 0 Å². The van der Waals surface area contributed by atoms with E-state index in [-0.39, 0.29) is 44.0 Å². The predicted octanol–water partition coefficient (Wildman–Crippen LogP) is 5.56. The van der Waals surface area contributed by atoms with Gasteiger partial charge in [0, 0.05) is 5.56 Å². The molecule has 3 aromatic rings. The van der Waals surface area contributed by atoms with Gasteiger partial charge in [-0.15, -0.1) is 0 Å². The molecule has 0 heterocycles. The molecular weight excluding hydrogens is 292 g/mol. The molecule has 0 aliphatic heterocycles. The Labute approximate surface area is 143 Å². The summed E-state index contributed by atoms with van der Waals surface area (Å²) in [7, 11) is 0. The number of hydrogen-bond donors (Lipinski definition) is 1. The number of phenolic OH excluding ortho intramolecular Hbond substituents is 1. The molecule has 3 rings (SSSR count). The molecule has 0 aromatic heterocycles. The largest absolute Gasteiger partial charge is 3.00 e. The zero-order chi connectivity index (χ0) is 11.7. The van der Waals surface area contributed by atoms with Crippen LogP contribution in [0.4, 0.5) is 0 Å². The van der Waals surface area contributed by atoms with E-state index in [1.54, 1.807) is 6.07 Å². The van der Waals surface area contributed by atoms with E-state index in [0.29, 0.717) is 5.75 Å². The van der Waals surface area contributed by atoms with Gasteiger partial charge in [0.15, 0.2) is 0 Å². The molecule has 1 radical (unpaired) electrons. The van der Waals surface area contributed by atoms with Gasteiger partial charge in [-0.05, 0) is 22.4 Å². The van der Waals surface area contributed by atoms with Crippen molar-refractivity contribution in [2.24, 2.45) is 0 Å². The van der Waals surface area contributed by atoms with Gasteiger partial charge in [0.2, 0.25) is 0 Å². The van der Waals surface area contributed by atoms with Crippen molar-refractivity contribution in [1.82, 2.24) is 0 Å². The standard InChI is InChI=1S/C16H12O.3CH3.Ti/c17-15-11-10-12-6-4-5-9-14(12)16(15)13-7-2-1-3-8-13;;;;/h1-11,17H;3*1H3;/q;3*-1;+3. The van der Waals surface area contributed by atoms with Crippen molar-refractivity contribution in [2.75, 3.05) is 0 Å². The molecule has 0 spiro atoms. The first-order valence-corrected chi connectivity index (χ1v) is 5.62. The fourth-order valence-electron chi connectivity index (χ4n) is 2.17. The summed E-state index contributed by atoms with van der Waals surface area (Å²) in [5, 5.41) is 12.3. The second kappa shape index (κ2) is 9.39. The molecule has 21 heavy (non-hydrogen) atoms. The second-order valence-corrected chi connectivity index (χ2v) is 4.05. The maximum Gasteiger partial charge on any atom is 3.00 e. The average Bonchev–Trinajstić information content (AvgIpc) is 2.39. The van der Waals surface area contributed by atoms with Gasteiger partial charge in [-0.25, -0.2) is 0 Å². The third-order valence-electron chi connectivity index (χ3n) is 2.97. The molecule has 0 aliphatic carbocycles. The minimum absolute atomic E-state index is 0. The third kappa shape index (κ3) is 4.20. The molecule has 1 nitrogen and oxygen atoms in total. The van der Waals surface area contributed by atoms with Gasteiger partial charge in [0.05, 0.1) is 0 Å². The van der Waals surface area contributed by atoms with Crippen LogP contribution in [0.3, 0.4) is 0 Å². The number of benzene rings is 3. The third-order valence-corrected chi connectivity index (χ3v) is 2.97. The Bertz CT molecular complexity index is 663. The quantitative estimate of drug-likeness (QED) is 0.460. The van der Waals surface area contributed by atoms with Crippen LogP contribution in [0.5, 0.6) is 5.75 Å². The smallest absolute Gasteiger partial charge is 0.507 e. The van der Waals surface area contributed by atoms with Gasteiger partial charge in [0.1, 0.15) is 5.75 Å². The second-order valence-electron chi connectivity index (χ2n) is 4.05. The van der Waals surface area contributed by atoms with Crippen LogP contribution in [0, 0.1) is 22.3 Å². The molecule has 0 fully saturated rings. The molecular formula is C19H21OTi. The molecule has 1 N–H and O–H groups in total. The summed E-state index contributed by atoms with van der Waals surface area (Å²) >= 11 is 0. The van der Waals surface area contributed by atoms with Gasteiger partial charge < -0.3 is 27.4 Å². The minimum Gasteiger partial charge on any atom is -0.507 e. The van der Waals surface area contributed by atoms with E-state index in [4.69, 9.17) is 0 Å².